The van der Waals surface area contributed by atoms with Crippen molar-refractivity contribution in [3.05, 3.63) is 66.0 Å². The van der Waals surface area contributed by atoms with Crippen LogP contribution >= 0.6 is 11.8 Å². The summed E-state index contributed by atoms with van der Waals surface area (Å²) in [7, 11) is 1.63. The minimum absolute atomic E-state index is 0.240. The van der Waals surface area contributed by atoms with Gasteiger partial charge in [-0.1, -0.05) is 47.7 Å². The first-order chi connectivity index (χ1) is 12.2. The molecule has 3 rings (SSSR count). The smallest absolute Gasteiger partial charge is 0.196 e. The van der Waals surface area contributed by atoms with Gasteiger partial charge in [0.05, 0.1) is 18.9 Å². The van der Waals surface area contributed by atoms with Gasteiger partial charge in [-0.05, 0) is 31.0 Å². The molecule has 0 radical (unpaired) electrons. The molecular formula is C19H18N4OS. The molecule has 126 valence electrons. The van der Waals surface area contributed by atoms with Crippen LogP contribution in [0, 0.1) is 18.3 Å². The van der Waals surface area contributed by atoms with Crippen molar-refractivity contribution in [2.75, 3.05) is 7.11 Å². The molecular weight excluding hydrogens is 332 g/mol. The summed E-state index contributed by atoms with van der Waals surface area (Å²) in [6.45, 7) is 2.05. The van der Waals surface area contributed by atoms with Crippen LogP contribution in [-0.4, -0.2) is 27.1 Å². The first kappa shape index (κ1) is 17.1. The molecule has 3 aromatic rings. The molecule has 0 spiro atoms. The summed E-state index contributed by atoms with van der Waals surface area (Å²) < 4.78 is 7.14. The Morgan fingerprint density at radius 2 is 2.04 bits per heavy atom. The Balaban J connectivity index is 1.79. The van der Waals surface area contributed by atoms with Crippen molar-refractivity contribution in [1.29, 1.82) is 5.26 Å². The van der Waals surface area contributed by atoms with Crippen LogP contribution in [-0.2, 0) is 6.42 Å². The molecule has 5 nitrogen and oxygen atoms in total. The second-order valence-corrected chi connectivity index (χ2v) is 6.78. The number of aromatic nitrogens is 3. The molecule has 0 unspecified atom stereocenters. The summed E-state index contributed by atoms with van der Waals surface area (Å²) in [5.41, 5.74) is 3.25. The fourth-order valence-electron chi connectivity index (χ4n) is 2.42. The van der Waals surface area contributed by atoms with E-state index in [0.717, 1.165) is 17.0 Å². The van der Waals surface area contributed by atoms with Crippen LogP contribution in [0.4, 0.5) is 0 Å². The van der Waals surface area contributed by atoms with Crippen LogP contribution in [0.25, 0.3) is 5.69 Å². The van der Waals surface area contributed by atoms with E-state index >= 15 is 0 Å². The van der Waals surface area contributed by atoms with Crippen LogP contribution in [0.2, 0.25) is 0 Å². The molecule has 2 aromatic carbocycles. The third kappa shape index (κ3) is 4.20. The van der Waals surface area contributed by atoms with Crippen molar-refractivity contribution < 1.29 is 4.74 Å². The molecule has 0 bridgehead atoms. The number of nitriles is 1. The lowest BCUT2D eigenvalue weighted by atomic mass is 10.1. The first-order valence-corrected chi connectivity index (χ1v) is 8.74. The number of methoxy groups -OCH3 is 1. The largest absolute Gasteiger partial charge is 0.497 e. The molecule has 0 amide bonds. The summed E-state index contributed by atoms with van der Waals surface area (Å²) in [5.74, 6) is 0.763. The Hall–Kier alpha value is -2.78. The number of hydrogen-bond acceptors (Lipinski definition) is 5. The van der Waals surface area contributed by atoms with E-state index < -0.39 is 0 Å². The van der Waals surface area contributed by atoms with Gasteiger partial charge in [0.1, 0.15) is 17.3 Å². The van der Waals surface area contributed by atoms with Gasteiger partial charge in [0.15, 0.2) is 5.16 Å². The van der Waals surface area contributed by atoms with E-state index in [1.807, 2.05) is 28.8 Å². The maximum Gasteiger partial charge on any atom is 0.196 e. The topological polar surface area (TPSA) is 63.7 Å². The molecule has 0 N–H and O–H groups in total. The molecule has 0 saturated heterocycles. The van der Waals surface area contributed by atoms with E-state index in [0.29, 0.717) is 11.6 Å². The number of nitrogens with zero attached hydrogens (tertiary/aromatic N) is 4. The lowest BCUT2D eigenvalue weighted by Crippen LogP contribution is -2.06. The van der Waals surface area contributed by atoms with E-state index in [9.17, 15) is 5.26 Å². The molecule has 25 heavy (non-hydrogen) atoms. The highest BCUT2D eigenvalue weighted by molar-refractivity contribution is 8.00. The Labute approximate surface area is 151 Å². The minimum atomic E-state index is -0.240. The number of aryl methyl sites for hydroxylation is 1. The van der Waals surface area contributed by atoms with Gasteiger partial charge in [-0.3, -0.25) is 4.57 Å². The third-order valence-electron chi connectivity index (χ3n) is 3.78. The Morgan fingerprint density at radius 3 is 2.76 bits per heavy atom. The van der Waals surface area contributed by atoms with E-state index in [-0.39, 0.29) is 5.25 Å². The van der Waals surface area contributed by atoms with E-state index in [1.54, 1.807) is 13.4 Å². The van der Waals surface area contributed by atoms with Crippen molar-refractivity contribution in [3.63, 3.8) is 0 Å². The predicted molar refractivity (Wildman–Crippen MR) is 98.1 cm³/mol. The van der Waals surface area contributed by atoms with Crippen LogP contribution in [0.5, 0.6) is 5.75 Å². The SMILES string of the molecule is COc1cccc(-n2cnnc2S[C@@H](C#N)Cc2ccc(C)cc2)c1. The van der Waals surface area contributed by atoms with Crippen molar-refractivity contribution >= 4 is 11.8 Å². The van der Waals surface area contributed by atoms with Crippen LogP contribution in [0.3, 0.4) is 0 Å². The van der Waals surface area contributed by atoms with Gasteiger partial charge in [0, 0.05) is 6.07 Å². The first-order valence-electron chi connectivity index (χ1n) is 7.86. The Bertz CT molecular complexity index is 883. The summed E-state index contributed by atoms with van der Waals surface area (Å²) in [4.78, 5) is 0. The Morgan fingerprint density at radius 1 is 1.24 bits per heavy atom. The number of ether oxygens (including phenoxy) is 1. The van der Waals surface area contributed by atoms with Crippen LogP contribution in [0.15, 0.2) is 60.0 Å². The maximum atomic E-state index is 9.54. The highest BCUT2D eigenvalue weighted by Crippen LogP contribution is 2.27. The minimum Gasteiger partial charge on any atom is -0.497 e. The molecule has 1 atom stereocenters. The Kier molecular flexibility index (Phi) is 5.36. The maximum absolute atomic E-state index is 9.54. The molecule has 0 fully saturated rings. The zero-order valence-electron chi connectivity index (χ0n) is 14.1. The van der Waals surface area contributed by atoms with Crippen molar-refractivity contribution in [2.45, 2.75) is 23.8 Å². The lowest BCUT2D eigenvalue weighted by Gasteiger charge is -2.11. The molecule has 0 aliphatic heterocycles. The monoisotopic (exact) mass is 350 g/mol. The molecule has 0 aliphatic rings. The van der Waals surface area contributed by atoms with Gasteiger partial charge in [0.2, 0.25) is 0 Å². The fourth-order valence-corrected chi connectivity index (χ4v) is 3.36. The van der Waals surface area contributed by atoms with Crippen molar-refractivity contribution in [3.8, 4) is 17.5 Å². The third-order valence-corrected chi connectivity index (χ3v) is 4.83. The molecule has 1 aromatic heterocycles. The van der Waals surface area contributed by atoms with Crippen molar-refractivity contribution in [2.24, 2.45) is 0 Å². The number of rotatable bonds is 6. The second kappa shape index (κ2) is 7.86. The molecule has 0 aliphatic carbocycles. The quantitative estimate of drug-likeness (QED) is 0.633. The number of thioether (sulfide) groups is 1. The van der Waals surface area contributed by atoms with Crippen LogP contribution < -0.4 is 4.74 Å². The summed E-state index contributed by atoms with van der Waals surface area (Å²) in [5, 5.41) is 18.2. The number of benzene rings is 2. The fraction of sp³-hybridized carbons (Fsp3) is 0.211. The van der Waals surface area contributed by atoms with Gasteiger partial charge in [-0.15, -0.1) is 10.2 Å². The number of hydrogen-bond donors (Lipinski definition) is 0. The van der Waals surface area contributed by atoms with Crippen molar-refractivity contribution in [1.82, 2.24) is 14.8 Å². The lowest BCUT2D eigenvalue weighted by molar-refractivity contribution is 0.414. The summed E-state index contributed by atoms with van der Waals surface area (Å²) >= 11 is 1.42. The van der Waals surface area contributed by atoms with E-state index in [4.69, 9.17) is 4.74 Å². The normalized spacial score (nSPS) is 11.7. The van der Waals surface area contributed by atoms with Gasteiger partial charge < -0.3 is 4.74 Å². The molecule has 6 heteroatoms. The van der Waals surface area contributed by atoms with Gasteiger partial charge >= 0.3 is 0 Å². The van der Waals surface area contributed by atoms with Gasteiger partial charge in [0.25, 0.3) is 0 Å². The standard InChI is InChI=1S/C19H18N4OS/c1-14-6-8-15(9-7-14)10-18(12-20)25-19-22-21-13-23(19)16-4-3-5-17(11-16)24-2/h3-9,11,13,18H,10H2,1-2H3/t18-/m1/s1. The average molecular weight is 350 g/mol. The van der Waals surface area contributed by atoms with Gasteiger partial charge in [-0.25, -0.2) is 0 Å². The van der Waals surface area contributed by atoms with E-state index in [1.165, 1.54) is 17.3 Å². The highest BCUT2D eigenvalue weighted by atomic mass is 32.2. The van der Waals surface area contributed by atoms with Gasteiger partial charge in [-0.2, -0.15) is 5.26 Å². The summed E-state index contributed by atoms with van der Waals surface area (Å²) in [6.07, 6.45) is 2.31. The van der Waals surface area contributed by atoms with E-state index in [2.05, 4.69) is 47.5 Å². The zero-order valence-corrected chi connectivity index (χ0v) is 14.9. The summed E-state index contributed by atoms with van der Waals surface area (Å²) in [6, 6.07) is 18.3. The second-order valence-electron chi connectivity index (χ2n) is 5.61. The highest BCUT2D eigenvalue weighted by Gasteiger charge is 2.16. The van der Waals surface area contributed by atoms with Crippen LogP contribution in [0.1, 0.15) is 11.1 Å². The predicted octanol–water partition coefficient (Wildman–Crippen LogP) is 3.81. The molecule has 0 saturated carbocycles. The average Bonchev–Trinajstić information content (AvgIpc) is 3.11. The molecule has 1 heterocycles. The zero-order chi connectivity index (χ0) is 17.6.